The van der Waals surface area contributed by atoms with E-state index in [-0.39, 0.29) is 17.3 Å². The van der Waals surface area contributed by atoms with Crippen molar-refractivity contribution in [2.45, 2.75) is 6.92 Å². The van der Waals surface area contributed by atoms with Crippen molar-refractivity contribution in [2.75, 3.05) is 31.1 Å². The summed E-state index contributed by atoms with van der Waals surface area (Å²) >= 11 is 12.1. The zero-order valence-electron chi connectivity index (χ0n) is 16.4. The van der Waals surface area contributed by atoms with Gasteiger partial charge < -0.3 is 9.80 Å². The fraction of sp³-hybridized carbons (Fsp3) is 0.263. The number of aromatic nitrogens is 4. The molecule has 2 aromatic heterocycles. The summed E-state index contributed by atoms with van der Waals surface area (Å²) < 4.78 is 1.42. The van der Waals surface area contributed by atoms with E-state index in [1.54, 1.807) is 30.0 Å². The van der Waals surface area contributed by atoms with Crippen molar-refractivity contribution < 1.29 is 9.72 Å². The highest BCUT2D eigenvalue weighted by molar-refractivity contribution is 6.36. The molecular formula is C19H17Cl2N7O3. The third-order valence-corrected chi connectivity index (χ3v) is 5.52. The first-order chi connectivity index (χ1) is 14.8. The first-order valence-corrected chi connectivity index (χ1v) is 10.1. The van der Waals surface area contributed by atoms with Gasteiger partial charge in [-0.3, -0.25) is 14.9 Å². The highest BCUT2D eigenvalue weighted by atomic mass is 35.5. The van der Waals surface area contributed by atoms with Crippen LogP contribution in [0.2, 0.25) is 10.0 Å². The number of nitro groups is 1. The molecule has 0 unspecified atom stereocenters. The lowest BCUT2D eigenvalue weighted by atomic mass is 10.2. The molecule has 1 aliphatic rings. The van der Waals surface area contributed by atoms with Crippen molar-refractivity contribution in [3.05, 3.63) is 68.1 Å². The van der Waals surface area contributed by atoms with E-state index in [1.807, 2.05) is 4.90 Å². The maximum atomic E-state index is 13.0. The monoisotopic (exact) mass is 461 g/mol. The Hall–Kier alpha value is -3.24. The quantitative estimate of drug-likeness (QED) is 0.433. The molecule has 160 valence electrons. The summed E-state index contributed by atoms with van der Waals surface area (Å²) in [4.78, 5) is 31.5. The van der Waals surface area contributed by atoms with Gasteiger partial charge in [-0.1, -0.05) is 34.5 Å². The molecule has 3 aromatic rings. The Balaban J connectivity index is 1.49. The maximum absolute atomic E-state index is 13.0. The molecule has 0 N–H and O–H groups in total. The summed E-state index contributed by atoms with van der Waals surface area (Å²) in [5.74, 6) is 0.384. The van der Waals surface area contributed by atoms with Crippen LogP contribution in [0.3, 0.4) is 0 Å². The highest BCUT2D eigenvalue weighted by Crippen LogP contribution is 2.27. The average Bonchev–Trinajstić information content (AvgIpc) is 3.15. The molecule has 0 spiro atoms. The predicted octanol–water partition coefficient (Wildman–Crippen LogP) is 3.15. The summed E-state index contributed by atoms with van der Waals surface area (Å²) in [6.07, 6.45) is 1.54. The van der Waals surface area contributed by atoms with Gasteiger partial charge in [-0.15, -0.1) is 5.10 Å². The zero-order chi connectivity index (χ0) is 22.1. The number of halogens is 2. The SMILES string of the molecule is Cc1c(C(=O)N2CCN(c3ncc(Cl)cc3Cl)CC2)nnn1-c1cccc([N+](=O)[O-])c1. The number of hydrogen-bond acceptors (Lipinski definition) is 7. The minimum absolute atomic E-state index is 0.0640. The van der Waals surface area contributed by atoms with Crippen molar-refractivity contribution in [3.8, 4) is 5.69 Å². The number of hydrogen-bond donors (Lipinski definition) is 0. The van der Waals surface area contributed by atoms with Gasteiger partial charge in [0.2, 0.25) is 0 Å². The number of carbonyl (C=O) groups is 1. The molecule has 1 fully saturated rings. The Labute approximate surface area is 187 Å². The van der Waals surface area contributed by atoms with Crippen LogP contribution in [-0.2, 0) is 0 Å². The topological polar surface area (TPSA) is 110 Å². The molecule has 4 rings (SSSR count). The second-order valence-electron chi connectivity index (χ2n) is 6.95. The Morgan fingerprint density at radius 3 is 2.58 bits per heavy atom. The lowest BCUT2D eigenvalue weighted by Gasteiger charge is -2.35. The van der Waals surface area contributed by atoms with E-state index < -0.39 is 4.92 Å². The molecule has 1 aromatic carbocycles. The lowest BCUT2D eigenvalue weighted by Crippen LogP contribution is -2.49. The number of pyridine rings is 1. The van der Waals surface area contributed by atoms with Crippen LogP contribution in [0, 0.1) is 17.0 Å². The average molecular weight is 462 g/mol. The molecule has 12 heteroatoms. The summed E-state index contributed by atoms with van der Waals surface area (Å²) in [6.45, 7) is 3.74. The van der Waals surface area contributed by atoms with Crippen LogP contribution in [-0.4, -0.2) is 61.9 Å². The molecule has 0 aliphatic carbocycles. The smallest absolute Gasteiger partial charge is 0.276 e. The molecule has 1 aliphatic heterocycles. The zero-order valence-corrected chi connectivity index (χ0v) is 17.9. The number of piperazine rings is 1. The van der Waals surface area contributed by atoms with E-state index in [1.165, 1.54) is 23.0 Å². The molecule has 0 bridgehead atoms. The van der Waals surface area contributed by atoms with Crippen molar-refractivity contribution in [1.82, 2.24) is 24.9 Å². The van der Waals surface area contributed by atoms with Crippen molar-refractivity contribution in [3.63, 3.8) is 0 Å². The Morgan fingerprint density at radius 2 is 1.90 bits per heavy atom. The number of nitro benzene ring substituents is 1. The van der Waals surface area contributed by atoms with Crippen molar-refractivity contribution in [2.24, 2.45) is 0 Å². The number of benzene rings is 1. The van der Waals surface area contributed by atoms with Gasteiger partial charge in [-0.25, -0.2) is 9.67 Å². The molecule has 1 amide bonds. The van der Waals surface area contributed by atoms with Gasteiger partial charge in [0, 0.05) is 44.5 Å². The normalized spacial score (nSPS) is 14.0. The van der Waals surface area contributed by atoms with Crippen LogP contribution >= 0.6 is 23.2 Å². The minimum atomic E-state index is -0.483. The summed E-state index contributed by atoms with van der Waals surface area (Å²) in [7, 11) is 0. The van der Waals surface area contributed by atoms with Gasteiger partial charge in [-0.05, 0) is 19.1 Å². The third-order valence-electron chi connectivity index (χ3n) is 5.04. The summed E-state index contributed by atoms with van der Waals surface area (Å²) in [6, 6.07) is 7.65. The maximum Gasteiger partial charge on any atom is 0.276 e. The Kier molecular flexibility index (Phi) is 5.75. The second-order valence-corrected chi connectivity index (χ2v) is 7.79. The van der Waals surface area contributed by atoms with E-state index in [0.29, 0.717) is 53.4 Å². The molecular weight excluding hydrogens is 445 g/mol. The lowest BCUT2D eigenvalue weighted by molar-refractivity contribution is -0.384. The van der Waals surface area contributed by atoms with E-state index >= 15 is 0 Å². The van der Waals surface area contributed by atoms with Gasteiger partial charge in [0.05, 0.1) is 26.3 Å². The first-order valence-electron chi connectivity index (χ1n) is 9.37. The largest absolute Gasteiger partial charge is 0.352 e. The summed E-state index contributed by atoms with van der Waals surface area (Å²) in [5, 5.41) is 20.0. The molecule has 1 saturated heterocycles. The standard InChI is InChI=1S/C19H17Cl2N7O3/c1-12-17(23-24-27(12)14-3-2-4-15(10-14)28(30)31)19(29)26-7-5-25(6-8-26)18-16(21)9-13(20)11-22-18/h2-4,9-11H,5-8H2,1H3. The van der Waals surface area contributed by atoms with Gasteiger partial charge in [0.15, 0.2) is 5.69 Å². The number of rotatable bonds is 4. The van der Waals surface area contributed by atoms with Gasteiger partial charge in [-0.2, -0.15) is 0 Å². The van der Waals surface area contributed by atoms with E-state index in [2.05, 4.69) is 15.3 Å². The van der Waals surface area contributed by atoms with E-state index in [4.69, 9.17) is 23.2 Å². The van der Waals surface area contributed by atoms with Crippen LogP contribution in [0.5, 0.6) is 0 Å². The number of anilines is 1. The molecule has 0 atom stereocenters. The van der Waals surface area contributed by atoms with Gasteiger partial charge in [0.25, 0.3) is 11.6 Å². The minimum Gasteiger partial charge on any atom is -0.352 e. The second kappa shape index (κ2) is 8.48. The fourth-order valence-electron chi connectivity index (χ4n) is 3.42. The molecule has 10 nitrogen and oxygen atoms in total. The molecule has 3 heterocycles. The van der Waals surface area contributed by atoms with E-state index in [0.717, 1.165) is 0 Å². The Morgan fingerprint density at radius 1 is 1.16 bits per heavy atom. The van der Waals surface area contributed by atoms with Crippen molar-refractivity contribution in [1.29, 1.82) is 0 Å². The fourth-order valence-corrected chi connectivity index (χ4v) is 3.92. The van der Waals surface area contributed by atoms with Crippen molar-refractivity contribution >= 4 is 40.6 Å². The number of non-ortho nitro benzene ring substituents is 1. The van der Waals surface area contributed by atoms with E-state index in [9.17, 15) is 14.9 Å². The summed E-state index contributed by atoms with van der Waals surface area (Å²) in [5.41, 5.74) is 1.12. The van der Waals surface area contributed by atoms with Crippen LogP contribution < -0.4 is 4.90 Å². The number of amides is 1. The molecule has 0 saturated carbocycles. The molecule has 0 radical (unpaired) electrons. The third kappa shape index (κ3) is 4.17. The highest BCUT2D eigenvalue weighted by Gasteiger charge is 2.28. The molecule has 31 heavy (non-hydrogen) atoms. The van der Waals surface area contributed by atoms with Crippen LogP contribution in [0.4, 0.5) is 11.5 Å². The predicted molar refractivity (Wildman–Crippen MR) is 115 cm³/mol. The Bertz CT molecular complexity index is 1160. The number of carbonyl (C=O) groups excluding carboxylic acids is 1. The first kappa shape index (κ1) is 21.0. The van der Waals surface area contributed by atoms with Crippen LogP contribution in [0.25, 0.3) is 5.69 Å². The van der Waals surface area contributed by atoms with Crippen LogP contribution in [0.15, 0.2) is 36.5 Å². The van der Waals surface area contributed by atoms with Gasteiger partial charge >= 0.3 is 0 Å². The van der Waals surface area contributed by atoms with Gasteiger partial charge in [0.1, 0.15) is 5.82 Å². The number of nitrogens with zero attached hydrogens (tertiary/aromatic N) is 7. The van der Waals surface area contributed by atoms with Crippen LogP contribution in [0.1, 0.15) is 16.2 Å².